The van der Waals surface area contributed by atoms with Gasteiger partial charge in [0.15, 0.2) is 5.11 Å². The maximum atomic E-state index is 9.55. The number of benzene rings is 1. The first kappa shape index (κ1) is 23.6. The Labute approximate surface area is 165 Å². The van der Waals surface area contributed by atoms with Gasteiger partial charge in [0.05, 0.1) is 10.0 Å². The third kappa shape index (κ3) is 12.1. The molecule has 1 aromatic carbocycles. The summed E-state index contributed by atoms with van der Waals surface area (Å²) < 4.78 is 0. The van der Waals surface area contributed by atoms with Crippen LogP contribution in [0.25, 0.3) is 0 Å². The predicted molar refractivity (Wildman–Crippen MR) is 107 cm³/mol. The summed E-state index contributed by atoms with van der Waals surface area (Å²) in [5.41, 5.74) is 6.40. The molecule has 8 nitrogen and oxygen atoms in total. The Morgan fingerprint density at radius 2 is 1.73 bits per heavy atom. The SMILES string of the molecule is CC(C)NC(=S)N=C(N)Nc1ccc(Cl)c(Cl)c1.O=C(O)C=CC(=O)O. The molecule has 0 unspecified atom stereocenters. The average molecular weight is 421 g/mol. The maximum absolute atomic E-state index is 9.55. The van der Waals surface area contributed by atoms with Gasteiger partial charge < -0.3 is 26.6 Å². The predicted octanol–water partition coefficient (Wildman–Crippen LogP) is 2.71. The summed E-state index contributed by atoms with van der Waals surface area (Å²) in [4.78, 5) is 23.1. The van der Waals surface area contributed by atoms with Crippen molar-refractivity contribution in [3.05, 3.63) is 40.4 Å². The van der Waals surface area contributed by atoms with E-state index in [9.17, 15) is 9.59 Å². The minimum Gasteiger partial charge on any atom is -0.478 e. The number of carboxylic acids is 2. The van der Waals surface area contributed by atoms with E-state index >= 15 is 0 Å². The lowest BCUT2D eigenvalue weighted by Gasteiger charge is -2.09. The Morgan fingerprint density at radius 3 is 2.15 bits per heavy atom. The van der Waals surface area contributed by atoms with Gasteiger partial charge in [0.2, 0.25) is 5.96 Å². The molecule has 0 heterocycles. The highest BCUT2D eigenvalue weighted by atomic mass is 35.5. The van der Waals surface area contributed by atoms with E-state index in [1.807, 2.05) is 13.8 Å². The number of anilines is 1. The Morgan fingerprint density at radius 1 is 1.19 bits per heavy atom. The number of aliphatic carboxylic acids is 2. The number of hydrogen-bond donors (Lipinski definition) is 5. The highest BCUT2D eigenvalue weighted by molar-refractivity contribution is 7.80. The van der Waals surface area contributed by atoms with Crippen molar-refractivity contribution in [1.29, 1.82) is 0 Å². The van der Waals surface area contributed by atoms with Crippen LogP contribution in [-0.4, -0.2) is 39.3 Å². The number of nitrogens with two attached hydrogens (primary N) is 1. The molecule has 0 saturated heterocycles. The molecule has 0 fully saturated rings. The fourth-order valence-corrected chi connectivity index (χ4v) is 1.91. The van der Waals surface area contributed by atoms with Crippen LogP contribution in [0.1, 0.15) is 13.8 Å². The van der Waals surface area contributed by atoms with E-state index in [0.717, 1.165) is 0 Å². The van der Waals surface area contributed by atoms with Crippen LogP contribution in [0.2, 0.25) is 10.0 Å². The number of nitrogens with zero attached hydrogens (tertiary/aromatic N) is 1. The van der Waals surface area contributed by atoms with Crippen LogP contribution < -0.4 is 16.4 Å². The van der Waals surface area contributed by atoms with Crippen LogP contribution >= 0.6 is 35.4 Å². The molecule has 0 aliphatic carbocycles. The Hall–Kier alpha value is -2.36. The number of halogens is 2. The van der Waals surface area contributed by atoms with Gasteiger partial charge in [0.25, 0.3) is 0 Å². The van der Waals surface area contributed by atoms with E-state index in [2.05, 4.69) is 15.6 Å². The van der Waals surface area contributed by atoms with Crippen molar-refractivity contribution in [2.75, 3.05) is 5.32 Å². The van der Waals surface area contributed by atoms with Crippen molar-refractivity contribution in [2.45, 2.75) is 19.9 Å². The number of nitrogens with one attached hydrogen (secondary N) is 2. The minimum absolute atomic E-state index is 0.187. The Balaban J connectivity index is 0.000000660. The lowest BCUT2D eigenvalue weighted by Crippen LogP contribution is -2.31. The van der Waals surface area contributed by atoms with Gasteiger partial charge in [-0.1, -0.05) is 23.2 Å². The normalized spacial score (nSPS) is 10.9. The zero-order valence-corrected chi connectivity index (χ0v) is 16.2. The van der Waals surface area contributed by atoms with Crippen LogP contribution in [0.5, 0.6) is 0 Å². The number of carbonyl (C=O) groups is 2. The number of guanidine groups is 1. The molecular formula is C15H18Cl2N4O4S. The highest BCUT2D eigenvalue weighted by Gasteiger charge is 2.02. The number of hydrogen-bond acceptors (Lipinski definition) is 3. The summed E-state index contributed by atoms with van der Waals surface area (Å²) in [6.07, 6.45) is 1.12. The lowest BCUT2D eigenvalue weighted by atomic mass is 10.3. The quantitative estimate of drug-likeness (QED) is 0.217. The zero-order valence-electron chi connectivity index (χ0n) is 13.9. The first-order valence-corrected chi connectivity index (χ1v) is 8.18. The Kier molecular flexibility index (Phi) is 11.0. The average Bonchev–Trinajstić information content (AvgIpc) is 2.48. The van der Waals surface area contributed by atoms with Crippen molar-refractivity contribution in [2.24, 2.45) is 10.7 Å². The van der Waals surface area contributed by atoms with Crippen molar-refractivity contribution >= 4 is 64.1 Å². The summed E-state index contributed by atoms with van der Waals surface area (Å²) in [5.74, 6) is -2.33. The molecule has 0 atom stereocenters. The number of rotatable bonds is 4. The van der Waals surface area contributed by atoms with E-state index in [4.69, 9.17) is 51.4 Å². The Bertz CT molecular complexity index is 708. The fraction of sp³-hybridized carbons (Fsp3) is 0.200. The third-order valence-electron chi connectivity index (χ3n) is 2.19. The zero-order chi connectivity index (χ0) is 20.3. The van der Waals surface area contributed by atoms with Crippen molar-refractivity contribution in [3.8, 4) is 0 Å². The molecule has 0 bridgehead atoms. The minimum atomic E-state index is -1.26. The molecule has 0 aliphatic rings. The molecule has 0 spiro atoms. The molecule has 0 aliphatic heterocycles. The molecule has 26 heavy (non-hydrogen) atoms. The fourth-order valence-electron chi connectivity index (χ4n) is 1.28. The molecular weight excluding hydrogens is 403 g/mol. The standard InChI is InChI=1S/C11H14Cl2N4S.C4H4O4/c1-6(2)15-11(18)17-10(14)16-7-3-4-8(12)9(13)5-7;5-3(6)1-2-4(7)8/h3-6H,1-2H3,(H4,14,15,16,17,18);1-2H,(H,5,6)(H,7,8). The van der Waals surface area contributed by atoms with Crippen molar-refractivity contribution in [3.63, 3.8) is 0 Å². The van der Waals surface area contributed by atoms with Gasteiger partial charge in [0.1, 0.15) is 0 Å². The van der Waals surface area contributed by atoms with Crippen LogP contribution in [0.4, 0.5) is 5.69 Å². The summed E-state index contributed by atoms with van der Waals surface area (Å²) in [5, 5.41) is 22.7. The molecule has 142 valence electrons. The number of aliphatic imine (C=N–C) groups is 1. The third-order valence-corrected chi connectivity index (χ3v) is 3.14. The largest absolute Gasteiger partial charge is 0.478 e. The van der Waals surface area contributed by atoms with Gasteiger partial charge >= 0.3 is 11.9 Å². The molecule has 0 saturated carbocycles. The molecule has 1 rings (SSSR count). The van der Waals surface area contributed by atoms with E-state index < -0.39 is 11.9 Å². The molecule has 0 radical (unpaired) electrons. The van der Waals surface area contributed by atoms with Crippen LogP contribution in [0.15, 0.2) is 35.3 Å². The monoisotopic (exact) mass is 420 g/mol. The topological polar surface area (TPSA) is 137 Å². The first-order valence-electron chi connectivity index (χ1n) is 7.02. The van der Waals surface area contributed by atoms with Crippen LogP contribution in [0, 0.1) is 0 Å². The van der Waals surface area contributed by atoms with Gasteiger partial charge in [-0.3, -0.25) is 0 Å². The van der Waals surface area contributed by atoms with E-state index in [-0.39, 0.29) is 12.0 Å². The maximum Gasteiger partial charge on any atom is 0.328 e. The molecule has 0 aromatic heterocycles. The molecule has 1 aromatic rings. The lowest BCUT2D eigenvalue weighted by molar-refractivity contribution is -0.134. The smallest absolute Gasteiger partial charge is 0.328 e. The van der Waals surface area contributed by atoms with Crippen molar-refractivity contribution in [1.82, 2.24) is 5.32 Å². The van der Waals surface area contributed by atoms with Crippen molar-refractivity contribution < 1.29 is 19.8 Å². The van der Waals surface area contributed by atoms with Crippen LogP contribution in [0.3, 0.4) is 0 Å². The van der Waals surface area contributed by atoms with Gasteiger partial charge in [-0.15, -0.1) is 0 Å². The van der Waals surface area contributed by atoms with Crippen LogP contribution in [-0.2, 0) is 9.59 Å². The molecule has 11 heteroatoms. The number of carboxylic acid groups (broad SMARTS) is 2. The van der Waals surface area contributed by atoms with E-state index in [0.29, 0.717) is 33.0 Å². The summed E-state index contributed by atoms with van der Waals surface area (Å²) in [6.45, 7) is 3.93. The second-order valence-electron chi connectivity index (χ2n) is 4.86. The second-order valence-corrected chi connectivity index (χ2v) is 6.07. The summed E-state index contributed by atoms with van der Waals surface area (Å²) in [6, 6.07) is 5.28. The number of thiocarbonyl (C=S) groups is 1. The summed E-state index contributed by atoms with van der Waals surface area (Å²) >= 11 is 16.7. The van der Waals surface area contributed by atoms with Gasteiger partial charge in [-0.05, 0) is 44.3 Å². The van der Waals surface area contributed by atoms with Gasteiger partial charge in [-0.2, -0.15) is 4.99 Å². The molecule has 6 N–H and O–H groups in total. The van der Waals surface area contributed by atoms with Gasteiger partial charge in [-0.25, -0.2) is 9.59 Å². The van der Waals surface area contributed by atoms with Gasteiger partial charge in [0, 0.05) is 23.9 Å². The second kappa shape index (κ2) is 12.1. The highest BCUT2D eigenvalue weighted by Crippen LogP contribution is 2.24. The first-order chi connectivity index (χ1) is 12.0. The molecule has 0 amide bonds. The summed E-state index contributed by atoms with van der Waals surface area (Å²) in [7, 11) is 0. The van der Waals surface area contributed by atoms with E-state index in [1.165, 1.54) is 0 Å². The van der Waals surface area contributed by atoms with E-state index in [1.54, 1.807) is 18.2 Å².